The molecule has 9 heteroatoms. The standard InChI is InChI=1S/C15H20N4O5/c20-7-10-11(21)12(22)15(24-10)19-2-1-9-13(16-8-17-14(9)19)18-3-5-23-6-4-18/h1-2,8,10-12,15,20-22H,3-7H2/t10-,11-,12-,15-/m1/s1. The van der Waals surface area contributed by atoms with Gasteiger partial charge in [0.15, 0.2) is 6.23 Å². The molecule has 0 aromatic carbocycles. The van der Waals surface area contributed by atoms with E-state index >= 15 is 0 Å². The number of aliphatic hydroxyl groups is 3. The molecule has 0 spiro atoms. The molecule has 2 aromatic heterocycles. The van der Waals surface area contributed by atoms with Crippen molar-refractivity contribution >= 4 is 16.9 Å². The Morgan fingerprint density at radius 1 is 1.17 bits per heavy atom. The Bertz CT molecular complexity index is 717. The maximum absolute atomic E-state index is 10.2. The maximum Gasteiger partial charge on any atom is 0.164 e. The average molecular weight is 336 g/mol. The van der Waals surface area contributed by atoms with Crippen LogP contribution in [0.4, 0.5) is 5.82 Å². The zero-order chi connectivity index (χ0) is 16.7. The Balaban J connectivity index is 1.71. The summed E-state index contributed by atoms with van der Waals surface area (Å²) in [5, 5.41) is 30.3. The molecular formula is C15H20N4O5. The molecule has 2 saturated heterocycles. The van der Waals surface area contributed by atoms with E-state index in [1.807, 2.05) is 6.07 Å². The van der Waals surface area contributed by atoms with E-state index in [9.17, 15) is 15.3 Å². The highest BCUT2D eigenvalue weighted by molar-refractivity contribution is 5.88. The summed E-state index contributed by atoms with van der Waals surface area (Å²) in [6.45, 7) is 2.46. The van der Waals surface area contributed by atoms with Crippen molar-refractivity contribution in [3.8, 4) is 0 Å². The normalized spacial score (nSPS) is 31.0. The molecule has 130 valence electrons. The van der Waals surface area contributed by atoms with Gasteiger partial charge in [0.2, 0.25) is 0 Å². The summed E-state index contributed by atoms with van der Waals surface area (Å²) < 4.78 is 12.6. The summed E-state index contributed by atoms with van der Waals surface area (Å²) >= 11 is 0. The van der Waals surface area contributed by atoms with E-state index in [-0.39, 0.29) is 6.61 Å². The van der Waals surface area contributed by atoms with Gasteiger partial charge in [0.05, 0.1) is 25.2 Å². The first kappa shape index (κ1) is 15.7. The van der Waals surface area contributed by atoms with E-state index in [0.29, 0.717) is 18.9 Å². The smallest absolute Gasteiger partial charge is 0.164 e. The predicted molar refractivity (Wildman–Crippen MR) is 83.6 cm³/mol. The summed E-state index contributed by atoms with van der Waals surface area (Å²) in [7, 11) is 0. The highest BCUT2D eigenvalue weighted by atomic mass is 16.6. The summed E-state index contributed by atoms with van der Waals surface area (Å²) in [4.78, 5) is 10.8. The molecule has 0 aliphatic carbocycles. The van der Waals surface area contributed by atoms with Crippen molar-refractivity contribution in [2.75, 3.05) is 37.8 Å². The van der Waals surface area contributed by atoms with Gasteiger partial charge >= 0.3 is 0 Å². The van der Waals surface area contributed by atoms with Crippen molar-refractivity contribution in [1.82, 2.24) is 14.5 Å². The molecule has 0 amide bonds. The molecule has 2 aromatic rings. The quantitative estimate of drug-likeness (QED) is 0.646. The van der Waals surface area contributed by atoms with E-state index in [4.69, 9.17) is 9.47 Å². The Labute approximate surface area is 138 Å². The Hall–Kier alpha value is -1.78. The Kier molecular flexibility index (Phi) is 4.10. The van der Waals surface area contributed by atoms with E-state index in [1.165, 1.54) is 6.33 Å². The first-order valence-corrected chi connectivity index (χ1v) is 7.97. The van der Waals surface area contributed by atoms with Crippen molar-refractivity contribution < 1.29 is 24.8 Å². The van der Waals surface area contributed by atoms with Gasteiger partial charge < -0.3 is 34.3 Å². The first-order chi connectivity index (χ1) is 11.7. The number of aromatic nitrogens is 3. The third-order valence-electron chi connectivity index (χ3n) is 4.59. The van der Waals surface area contributed by atoms with Crippen LogP contribution >= 0.6 is 0 Å². The second-order valence-corrected chi connectivity index (χ2v) is 5.99. The zero-order valence-electron chi connectivity index (χ0n) is 13.0. The molecular weight excluding hydrogens is 316 g/mol. The average Bonchev–Trinajstić information content (AvgIpc) is 3.17. The van der Waals surface area contributed by atoms with Gasteiger partial charge in [0, 0.05) is 19.3 Å². The lowest BCUT2D eigenvalue weighted by Crippen LogP contribution is -2.36. The molecule has 3 N–H and O–H groups in total. The molecule has 0 bridgehead atoms. The van der Waals surface area contributed by atoms with Crippen LogP contribution in [0.2, 0.25) is 0 Å². The minimum absolute atomic E-state index is 0.359. The lowest BCUT2D eigenvalue weighted by atomic mass is 10.1. The van der Waals surface area contributed by atoms with Crippen LogP contribution in [-0.2, 0) is 9.47 Å². The summed E-state index contributed by atoms with van der Waals surface area (Å²) in [5.74, 6) is 0.814. The number of rotatable bonds is 3. The number of anilines is 1. The van der Waals surface area contributed by atoms with Crippen LogP contribution in [0.1, 0.15) is 6.23 Å². The molecule has 0 unspecified atom stereocenters. The molecule has 24 heavy (non-hydrogen) atoms. The summed E-state index contributed by atoms with van der Waals surface area (Å²) in [6.07, 6.45) is -0.670. The maximum atomic E-state index is 10.2. The second-order valence-electron chi connectivity index (χ2n) is 5.99. The van der Waals surface area contributed by atoms with Gasteiger partial charge in [-0.2, -0.15) is 0 Å². The molecule has 2 aliphatic heterocycles. The molecule has 0 saturated carbocycles. The summed E-state index contributed by atoms with van der Waals surface area (Å²) in [6, 6.07) is 1.87. The van der Waals surface area contributed by atoms with Gasteiger partial charge in [-0.3, -0.25) is 0 Å². The number of aliphatic hydroxyl groups excluding tert-OH is 3. The van der Waals surface area contributed by atoms with Crippen molar-refractivity contribution in [2.24, 2.45) is 0 Å². The number of nitrogens with zero attached hydrogens (tertiary/aromatic N) is 4. The van der Waals surface area contributed by atoms with Gasteiger partial charge in [0.25, 0.3) is 0 Å². The monoisotopic (exact) mass is 336 g/mol. The number of morpholine rings is 1. The van der Waals surface area contributed by atoms with Gasteiger partial charge in [-0.05, 0) is 6.07 Å². The Morgan fingerprint density at radius 3 is 2.67 bits per heavy atom. The van der Waals surface area contributed by atoms with Crippen LogP contribution in [0.25, 0.3) is 11.0 Å². The molecule has 9 nitrogen and oxygen atoms in total. The molecule has 4 atom stereocenters. The second kappa shape index (κ2) is 6.26. The first-order valence-electron chi connectivity index (χ1n) is 7.97. The number of ether oxygens (including phenoxy) is 2. The predicted octanol–water partition coefficient (Wildman–Crippen LogP) is -1.12. The van der Waals surface area contributed by atoms with Crippen molar-refractivity contribution in [2.45, 2.75) is 24.5 Å². The Morgan fingerprint density at radius 2 is 1.96 bits per heavy atom. The van der Waals surface area contributed by atoms with Gasteiger partial charge in [-0.1, -0.05) is 0 Å². The number of fused-ring (bicyclic) bond motifs is 1. The highest BCUT2D eigenvalue weighted by Crippen LogP contribution is 2.33. The highest BCUT2D eigenvalue weighted by Gasteiger charge is 2.43. The molecule has 2 fully saturated rings. The molecule has 2 aliphatic rings. The minimum Gasteiger partial charge on any atom is -0.394 e. The van der Waals surface area contributed by atoms with Crippen molar-refractivity contribution in [1.29, 1.82) is 0 Å². The number of hydrogen-bond acceptors (Lipinski definition) is 8. The fourth-order valence-electron chi connectivity index (χ4n) is 3.30. The van der Waals surface area contributed by atoms with Crippen molar-refractivity contribution in [3.05, 3.63) is 18.6 Å². The minimum atomic E-state index is -1.14. The molecule has 0 radical (unpaired) electrons. The van der Waals surface area contributed by atoms with Crippen LogP contribution in [-0.4, -0.2) is 81.1 Å². The van der Waals surface area contributed by atoms with E-state index in [2.05, 4.69) is 14.9 Å². The van der Waals surface area contributed by atoms with E-state index in [1.54, 1.807) is 10.8 Å². The third-order valence-corrected chi connectivity index (χ3v) is 4.59. The van der Waals surface area contributed by atoms with Crippen LogP contribution in [0, 0.1) is 0 Å². The molecule has 4 rings (SSSR count). The lowest BCUT2D eigenvalue weighted by Gasteiger charge is -2.28. The van der Waals surface area contributed by atoms with Gasteiger partial charge in [0.1, 0.15) is 36.1 Å². The summed E-state index contributed by atoms with van der Waals surface area (Å²) in [5.41, 5.74) is 0.612. The van der Waals surface area contributed by atoms with Crippen LogP contribution in [0.5, 0.6) is 0 Å². The lowest BCUT2D eigenvalue weighted by molar-refractivity contribution is -0.0508. The third kappa shape index (κ3) is 2.45. The fourth-order valence-corrected chi connectivity index (χ4v) is 3.30. The van der Waals surface area contributed by atoms with Crippen LogP contribution in [0.3, 0.4) is 0 Å². The molecule has 4 heterocycles. The number of hydrogen-bond donors (Lipinski definition) is 3. The van der Waals surface area contributed by atoms with Crippen LogP contribution < -0.4 is 4.90 Å². The van der Waals surface area contributed by atoms with Gasteiger partial charge in [-0.25, -0.2) is 9.97 Å². The zero-order valence-corrected chi connectivity index (χ0v) is 13.0. The fraction of sp³-hybridized carbons (Fsp3) is 0.600. The topological polar surface area (TPSA) is 113 Å². The van der Waals surface area contributed by atoms with Crippen LogP contribution in [0.15, 0.2) is 18.6 Å². The largest absolute Gasteiger partial charge is 0.394 e. The van der Waals surface area contributed by atoms with Crippen molar-refractivity contribution in [3.63, 3.8) is 0 Å². The van der Waals surface area contributed by atoms with Gasteiger partial charge in [-0.15, -0.1) is 0 Å². The SMILES string of the molecule is OC[C@H]1O[C@@H](n2ccc3c(N4CCOCC4)ncnc32)[C@H](O)[C@@H]1O. The van der Waals surface area contributed by atoms with E-state index in [0.717, 1.165) is 24.3 Å². The van der Waals surface area contributed by atoms with E-state index < -0.39 is 24.5 Å².